The van der Waals surface area contributed by atoms with Gasteiger partial charge in [0, 0.05) is 6.04 Å². The number of halogens is 1. The highest BCUT2D eigenvalue weighted by Crippen LogP contribution is 2.31. The average Bonchev–Trinajstić information content (AvgIpc) is 2.55. The van der Waals surface area contributed by atoms with Crippen LogP contribution >= 0.6 is 0 Å². The van der Waals surface area contributed by atoms with Gasteiger partial charge >= 0.3 is 6.09 Å². The lowest BCUT2D eigenvalue weighted by molar-refractivity contribution is -0.384. The van der Waals surface area contributed by atoms with Crippen LogP contribution in [0.5, 0.6) is 0 Å². The van der Waals surface area contributed by atoms with E-state index < -0.39 is 28.6 Å². The lowest BCUT2D eigenvalue weighted by atomic mass is 10.2. The van der Waals surface area contributed by atoms with Gasteiger partial charge in [-0.05, 0) is 31.5 Å². The Balaban J connectivity index is 2.26. The average molecular weight is 332 g/mol. The van der Waals surface area contributed by atoms with Crippen LogP contribution in [0, 0.1) is 15.9 Å². The number of hydrogen-bond donors (Lipinski definition) is 0. The first-order valence-electron chi connectivity index (χ1n) is 7.34. The van der Waals surface area contributed by atoms with E-state index in [-0.39, 0.29) is 12.3 Å². The van der Waals surface area contributed by atoms with Crippen molar-refractivity contribution in [2.75, 3.05) is 4.90 Å². The van der Waals surface area contributed by atoms with Crippen LogP contribution in [0.15, 0.2) is 48.5 Å². The Morgan fingerprint density at radius 2 is 1.92 bits per heavy atom. The van der Waals surface area contributed by atoms with Gasteiger partial charge in [-0.1, -0.05) is 30.3 Å². The van der Waals surface area contributed by atoms with Crippen molar-refractivity contribution in [3.05, 3.63) is 70.0 Å². The normalized spacial score (nSPS) is 10.5. The van der Waals surface area contributed by atoms with Crippen molar-refractivity contribution in [2.45, 2.75) is 26.5 Å². The second-order valence-electron chi connectivity index (χ2n) is 5.39. The van der Waals surface area contributed by atoms with E-state index in [1.807, 2.05) is 18.2 Å². The maximum absolute atomic E-state index is 13.3. The van der Waals surface area contributed by atoms with E-state index in [0.717, 1.165) is 22.6 Å². The van der Waals surface area contributed by atoms with Gasteiger partial charge in [-0.3, -0.25) is 15.0 Å². The van der Waals surface area contributed by atoms with Gasteiger partial charge in [-0.2, -0.15) is 0 Å². The van der Waals surface area contributed by atoms with Crippen molar-refractivity contribution in [3.8, 4) is 0 Å². The SMILES string of the molecule is CC(C)N(C(=O)OCc1ccccc1)c1ccc(F)cc1[N+](=O)[O-]. The van der Waals surface area contributed by atoms with Crippen LogP contribution in [-0.2, 0) is 11.3 Å². The summed E-state index contributed by atoms with van der Waals surface area (Å²) in [4.78, 5) is 24.0. The molecule has 0 bridgehead atoms. The molecule has 0 heterocycles. The van der Waals surface area contributed by atoms with Crippen LogP contribution < -0.4 is 4.90 Å². The van der Waals surface area contributed by atoms with Crippen molar-refractivity contribution in [1.29, 1.82) is 0 Å². The molecule has 0 saturated heterocycles. The van der Waals surface area contributed by atoms with Crippen LogP contribution in [0.4, 0.5) is 20.6 Å². The topological polar surface area (TPSA) is 72.7 Å². The zero-order valence-electron chi connectivity index (χ0n) is 13.3. The number of ether oxygens (including phenoxy) is 1. The summed E-state index contributed by atoms with van der Waals surface area (Å²) in [6.45, 7) is 3.42. The zero-order valence-corrected chi connectivity index (χ0v) is 13.3. The summed E-state index contributed by atoms with van der Waals surface area (Å²) < 4.78 is 18.5. The first-order valence-corrected chi connectivity index (χ1v) is 7.34. The van der Waals surface area contributed by atoms with Gasteiger partial charge in [-0.25, -0.2) is 9.18 Å². The molecule has 2 aromatic rings. The number of hydrogen-bond acceptors (Lipinski definition) is 4. The predicted octanol–water partition coefficient (Wildman–Crippen LogP) is 4.29. The van der Waals surface area contributed by atoms with Crippen molar-refractivity contribution >= 4 is 17.5 Å². The van der Waals surface area contributed by atoms with Crippen molar-refractivity contribution < 1.29 is 18.8 Å². The molecule has 6 nitrogen and oxygen atoms in total. The van der Waals surface area contributed by atoms with E-state index in [9.17, 15) is 19.3 Å². The van der Waals surface area contributed by atoms with E-state index in [1.165, 1.54) is 6.07 Å². The van der Waals surface area contributed by atoms with E-state index in [0.29, 0.717) is 0 Å². The Morgan fingerprint density at radius 1 is 1.25 bits per heavy atom. The minimum atomic E-state index is -0.744. The molecule has 1 amide bonds. The third-order valence-electron chi connectivity index (χ3n) is 3.31. The third kappa shape index (κ3) is 4.07. The van der Waals surface area contributed by atoms with E-state index in [1.54, 1.807) is 26.0 Å². The predicted molar refractivity (Wildman–Crippen MR) is 87.3 cm³/mol. The first kappa shape index (κ1) is 17.4. The van der Waals surface area contributed by atoms with Gasteiger partial charge in [-0.15, -0.1) is 0 Å². The van der Waals surface area contributed by atoms with E-state index >= 15 is 0 Å². The summed E-state index contributed by atoms with van der Waals surface area (Å²) in [6.07, 6.45) is -0.733. The minimum Gasteiger partial charge on any atom is -0.444 e. The summed E-state index contributed by atoms with van der Waals surface area (Å²) in [6, 6.07) is 11.7. The highest BCUT2D eigenvalue weighted by Gasteiger charge is 2.28. The summed E-state index contributed by atoms with van der Waals surface area (Å²) in [7, 11) is 0. The number of anilines is 1. The quantitative estimate of drug-likeness (QED) is 0.605. The van der Waals surface area contributed by atoms with Crippen LogP contribution in [0.1, 0.15) is 19.4 Å². The van der Waals surface area contributed by atoms with E-state index in [2.05, 4.69) is 0 Å². The summed E-state index contributed by atoms with van der Waals surface area (Å²) in [5, 5.41) is 11.2. The van der Waals surface area contributed by atoms with Crippen LogP contribution in [0.25, 0.3) is 0 Å². The number of carbonyl (C=O) groups is 1. The molecular formula is C17H17FN2O4. The van der Waals surface area contributed by atoms with Gasteiger partial charge in [0.05, 0.1) is 11.0 Å². The number of benzene rings is 2. The van der Waals surface area contributed by atoms with Gasteiger partial charge in [0.25, 0.3) is 5.69 Å². The molecule has 0 aliphatic heterocycles. The van der Waals surface area contributed by atoms with E-state index in [4.69, 9.17) is 4.74 Å². The van der Waals surface area contributed by atoms with Crippen molar-refractivity contribution in [3.63, 3.8) is 0 Å². The van der Waals surface area contributed by atoms with Crippen LogP contribution in [0.2, 0.25) is 0 Å². The molecule has 7 heteroatoms. The monoisotopic (exact) mass is 332 g/mol. The molecule has 0 atom stereocenters. The molecule has 0 spiro atoms. The number of nitro benzene ring substituents is 1. The van der Waals surface area contributed by atoms with Crippen LogP contribution in [0.3, 0.4) is 0 Å². The summed E-state index contributed by atoms with van der Waals surface area (Å²) in [5.41, 5.74) is 0.304. The minimum absolute atomic E-state index is 0.00513. The summed E-state index contributed by atoms with van der Waals surface area (Å²) in [5.74, 6) is -0.744. The third-order valence-corrected chi connectivity index (χ3v) is 3.31. The lowest BCUT2D eigenvalue weighted by Crippen LogP contribution is -2.37. The molecule has 2 aromatic carbocycles. The molecule has 0 aliphatic rings. The van der Waals surface area contributed by atoms with Crippen LogP contribution in [-0.4, -0.2) is 17.1 Å². The Hall–Kier alpha value is -2.96. The van der Waals surface area contributed by atoms with Gasteiger partial charge < -0.3 is 4.74 Å². The number of rotatable bonds is 5. The molecule has 0 aliphatic carbocycles. The first-order chi connectivity index (χ1) is 11.4. The fourth-order valence-electron chi connectivity index (χ4n) is 2.22. The Morgan fingerprint density at radius 3 is 2.50 bits per heavy atom. The number of nitro groups is 1. The maximum Gasteiger partial charge on any atom is 0.415 e. The molecule has 2 rings (SSSR count). The lowest BCUT2D eigenvalue weighted by Gasteiger charge is -2.25. The number of nitrogens with zero attached hydrogens (tertiary/aromatic N) is 2. The standard InChI is InChI=1S/C17H17FN2O4/c1-12(2)19(15-9-8-14(18)10-16(15)20(22)23)17(21)24-11-13-6-4-3-5-7-13/h3-10,12H,11H2,1-2H3. The van der Waals surface area contributed by atoms with Gasteiger partial charge in [0.2, 0.25) is 0 Å². The second-order valence-corrected chi connectivity index (χ2v) is 5.39. The highest BCUT2D eigenvalue weighted by atomic mass is 19.1. The van der Waals surface area contributed by atoms with Crippen molar-refractivity contribution in [2.24, 2.45) is 0 Å². The second kappa shape index (κ2) is 7.54. The molecule has 24 heavy (non-hydrogen) atoms. The molecule has 0 saturated carbocycles. The molecule has 0 N–H and O–H groups in total. The molecule has 0 fully saturated rings. The molecular weight excluding hydrogens is 315 g/mol. The van der Waals surface area contributed by atoms with Crippen molar-refractivity contribution in [1.82, 2.24) is 0 Å². The van der Waals surface area contributed by atoms with Gasteiger partial charge in [0.1, 0.15) is 18.1 Å². The molecule has 126 valence electrons. The zero-order chi connectivity index (χ0) is 17.7. The Bertz CT molecular complexity index is 735. The molecule has 0 unspecified atom stereocenters. The number of carbonyl (C=O) groups excluding carboxylic acids is 1. The fraction of sp³-hybridized carbons (Fsp3) is 0.235. The molecule has 0 aromatic heterocycles. The summed E-state index contributed by atoms with van der Waals surface area (Å²) >= 11 is 0. The maximum atomic E-state index is 13.3. The van der Waals surface area contributed by atoms with Gasteiger partial charge in [0.15, 0.2) is 0 Å². The Labute approximate surface area is 138 Å². The highest BCUT2D eigenvalue weighted by molar-refractivity contribution is 5.91. The smallest absolute Gasteiger partial charge is 0.415 e. The fourth-order valence-corrected chi connectivity index (χ4v) is 2.22. The molecule has 0 radical (unpaired) electrons. The Kier molecular flexibility index (Phi) is 5.47. The largest absolute Gasteiger partial charge is 0.444 e. The number of amides is 1.